The lowest BCUT2D eigenvalue weighted by Crippen LogP contribution is -2.45. The smallest absolute Gasteiger partial charge is 0.333 e. The van der Waals surface area contributed by atoms with Crippen LogP contribution < -0.4 is 11.2 Å². The molecule has 0 aliphatic carbocycles. The minimum absolute atomic E-state index is 0.0287. The van der Waals surface area contributed by atoms with E-state index in [4.69, 9.17) is 9.47 Å². The highest BCUT2D eigenvalue weighted by molar-refractivity contribution is 5.13. The summed E-state index contributed by atoms with van der Waals surface area (Å²) in [7, 11) is 0. The van der Waals surface area contributed by atoms with E-state index >= 15 is 0 Å². The summed E-state index contributed by atoms with van der Waals surface area (Å²) in [4.78, 5) is 25.2. The lowest BCUT2D eigenvalue weighted by atomic mass is 10.1. The summed E-state index contributed by atoms with van der Waals surface area (Å²) >= 11 is 0. The molecular formula is C19H24N2O7. The highest BCUT2D eigenvalue weighted by Crippen LogP contribution is 2.28. The predicted molar refractivity (Wildman–Crippen MR) is 98.8 cm³/mol. The lowest BCUT2D eigenvalue weighted by Gasteiger charge is -2.19. The number of aromatic nitrogens is 2. The van der Waals surface area contributed by atoms with E-state index in [-0.39, 0.29) is 18.7 Å². The van der Waals surface area contributed by atoms with Crippen molar-refractivity contribution >= 4 is 0 Å². The van der Waals surface area contributed by atoms with Gasteiger partial charge in [0.1, 0.15) is 18.3 Å². The van der Waals surface area contributed by atoms with Crippen molar-refractivity contribution in [2.45, 2.75) is 44.6 Å². The number of nitrogens with zero attached hydrogens (tertiary/aromatic N) is 2. The predicted octanol–water partition coefficient (Wildman–Crippen LogP) is -0.853. The molecule has 3 N–H and O–H groups in total. The van der Waals surface area contributed by atoms with Crippen LogP contribution in [-0.4, -0.2) is 56.0 Å². The lowest BCUT2D eigenvalue weighted by molar-refractivity contribution is -0.0558. The van der Waals surface area contributed by atoms with Crippen LogP contribution in [0.2, 0.25) is 0 Å². The van der Waals surface area contributed by atoms with Gasteiger partial charge in [0.15, 0.2) is 6.23 Å². The van der Waals surface area contributed by atoms with Crippen LogP contribution >= 0.6 is 0 Å². The van der Waals surface area contributed by atoms with Gasteiger partial charge in [-0.3, -0.25) is 13.9 Å². The molecule has 1 fully saturated rings. The number of benzene rings is 1. The maximum absolute atomic E-state index is 12.8. The second-order valence-corrected chi connectivity index (χ2v) is 6.73. The molecule has 1 aromatic carbocycles. The Balaban J connectivity index is 1.77. The molecule has 1 aromatic heterocycles. The van der Waals surface area contributed by atoms with Gasteiger partial charge in [-0.25, -0.2) is 4.79 Å². The van der Waals surface area contributed by atoms with Gasteiger partial charge < -0.3 is 24.8 Å². The summed E-state index contributed by atoms with van der Waals surface area (Å²) in [5.41, 5.74) is 0.105. The molecule has 1 aliphatic rings. The van der Waals surface area contributed by atoms with Gasteiger partial charge in [-0.15, -0.1) is 0 Å². The second kappa shape index (κ2) is 8.80. The summed E-state index contributed by atoms with van der Waals surface area (Å²) in [6, 6.07) is 9.50. The van der Waals surface area contributed by atoms with Crippen molar-refractivity contribution in [3.05, 3.63) is 68.5 Å². The minimum Gasteiger partial charge on any atom is -0.394 e. The normalized spacial score (nSPS) is 24.6. The van der Waals surface area contributed by atoms with Gasteiger partial charge in [0.05, 0.1) is 26.4 Å². The van der Waals surface area contributed by atoms with E-state index in [1.807, 2.05) is 30.3 Å². The van der Waals surface area contributed by atoms with E-state index in [2.05, 4.69) is 0 Å². The van der Waals surface area contributed by atoms with E-state index in [9.17, 15) is 24.9 Å². The van der Waals surface area contributed by atoms with Gasteiger partial charge in [-0.2, -0.15) is 0 Å². The van der Waals surface area contributed by atoms with Crippen molar-refractivity contribution in [1.29, 1.82) is 0 Å². The monoisotopic (exact) mass is 392 g/mol. The minimum atomic E-state index is -1.41. The standard InChI is InChI=1S/C19H24N2O7/c1-12-9-21(18-16(24)15(23)14(10-22)28-18)19(26)20(17(12)25)7-8-27-11-13-5-3-2-4-6-13/h2-6,9,14-16,18,22-24H,7-8,10-11H2,1H3/t14-,15+,16?,18-/m1/s1. The van der Waals surface area contributed by atoms with Crippen molar-refractivity contribution in [3.8, 4) is 0 Å². The van der Waals surface area contributed by atoms with Crippen molar-refractivity contribution in [3.63, 3.8) is 0 Å². The molecule has 0 radical (unpaired) electrons. The Hall–Kier alpha value is -2.30. The number of hydrogen-bond donors (Lipinski definition) is 3. The summed E-state index contributed by atoms with van der Waals surface area (Å²) in [6.45, 7) is 1.56. The fourth-order valence-electron chi connectivity index (χ4n) is 3.17. The number of rotatable bonds is 7. The number of ether oxygens (including phenoxy) is 2. The molecule has 1 saturated heterocycles. The number of hydrogen-bond acceptors (Lipinski definition) is 7. The number of aryl methyl sites for hydroxylation is 1. The van der Waals surface area contributed by atoms with Crippen LogP contribution in [0.1, 0.15) is 17.4 Å². The molecule has 2 aromatic rings. The zero-order chi connectivity index (χ0) is 20.3. The van der Waals surface area contributed by atoms with Crippen LogP contribution in [0.15, 0.2) is 46.1 Å². The largest absolute Gasteiger partial charge is 0.394 e. The summed E-state index contributed by atoms with van der Waals surface area (Å²) in [5.74, 6) is 0. The Morgan fingerprint density at radius 3 is 2.50 bits per heavy atom. The molecular weight excluding hydrogens is 368 g/mol. The average Bonchev–Trinajstić information content (AvgIpc) is 2.99. The Bertz CT molecular complexity index is 909. The molecule has 28 heavy (non-hydrogen) atoms. The van der Waals surface area contributed by atoms with Crippen molar-refractivity contribution in [1.82, 2.24) is 9.13 Å². The third-order valence-electron chi connectivity index (χ3n) is 4.73. The maximum Gasteiger partial charge on any atom is 0.333 e. The van der Waals surface area contributed by atoms with Crippen LogP contribution in [0.4, 0.5) is 0 Å². The molecule has 0 saturated carbocycles. The average molecular weight is 392 g/mol. The molecule has 9 heteroatoms. The molecule has 3 rings (SSSR count). The Kier molecular flexibility index (Phi) is 6.42. The van der Waals surface area contributed by atoms with Gasteiger partial charge in [-0.05, 0) is 12.5 Å². The number of aliphatic hydroxyl groups is 3. The van der Waals surface area contributed by atoms with Gasteiger partial charge in [0.2, 0.25) is 0 Å². The van der Waals surface area contributed by atoms with E-state index in [1.54, 1.807) is 6.92 Å². The summed E-state index contributed by atoms with van der Waals surface area (Å²) < 4.78 is 13.0. The van der Waals surface area contributed by atoms with Crippen LogP contribution in [0.25, 0.3) is 0 Å². The molecule has 9 nitrogen and oxygen atoms in total. The highest BCUT2D eigenvalue weighted by atomic mass is 16.6. The van der Waals surface area contributed by atoms with Gasteiger partial charge in [0.25, 0.3) is 5.56 Å². The molecule has 2 heterocycles. The topological polar surface area (TPSA) is 123 Å². The van der Waals surface area contributed by atoms with E-state index in [0.29, 0.717) is 6.61 Å². The van der Waals surface area contributed by atoms with Gasteiger partial charge in [0, 0.05) is 11.8 Å². The first kappa shape index (κ1) is 20.4. The van der Waals surface area contributed by atoms with Crippen LogP contribution in [-0.2, 0) is 22.6 Å². The fourth-order valence-corrected chi connectivity index (χ4v) is 3.17. The zero-order valence-electron chi connectivity index (χ0n) is 15.5. The summed E-state index contributed by atoms with van der Waals surface area (Å²) in [5, 5.41) is 29.3. The SMILES string of the molecule is Cc1cn([C@@H]2O[C@H](CO)[C@H](O)C2O)c(=O)n(CCOCc2ccccc2)c1=O. The third kappa shape index (κ3) is 4.08. The molecule has 1 unspecified atom stereocenters. The molecule has 0 bridgehead atoms. The van der Waals surface area contributed by atoms with E-state index in [0.717, 1.165) is 14.7 Å². The van der Waals surface area contributed by atoms with Gasteiger partial charge in [-0.1, -0.05) is 30.3 Å². The zero-order valence-corrected chi connectivity index (χ0v) is 15.5. The Morgan fingerprint density at radius 2 is 1.86 bits per heavy atom. The maximum atomic E-state index is 12.8. The Labute approximate surface area is 161 Å². The first-order valence-electron chi connectivity index (χ1n) is 9.00. The molecule has 0 amide bonds. The Morgan fingerprint density at radius 1 is 1.14 bits per heavy atom. The second-order valence-electron chi connectivity index (χ2n) is 6.73. The molecule has 152 valence electrons. The number of aliphatic hydroxyl groups excluding tert-OH is 3. The van der Waals surface area contributed by atoms with Gasteiger partial charge >= 0.3 is 5.69 Å². The van der Waals surface area contributed by atoms with Crippen molar-refractivity contribution in [2.24, 2.45) is 0 Å². The molecule has 4 atom stereocenters. The fraction of sp³-hybridized carbons (Fsp3) is 0.474. The molecule has 0 spiro atoms. The quantitative estimate of drug-likeness (QED) is 0.524. The van der Waals surface area contributed by atoms with Crippen LogP contribution in [0, 0.1) is 6.92 Å². The summed E-state index contributed by atoms with van der Waals surface area (Å²) in [6.07, 6.45) is -3.67. The third-order valence-corrected chi connectivity index (χ3v) is 4.73. The highest BCUT2D eigenvalue weighted by Gasteiger charge is 2.44. The molecule has 1 aliphatic heterocycles. The van der Waals surface area contributed by atoms with Crippen molar-refractivity contribution < 1.29 is 24.8 Å². The first-order valence-corrected chi connectivity index (χ1v) is 9.00. The van der Waals surface area contributed by atoms with E-state index in [1.165, 1.54) is 6.20 Å². The van der Waals surface area contributed by atoms with Crippen molar-refractivity contribution in [2.75, 3.05) is 13.2 Å². The van der Waals surface area contributed by atoms with E-state index < -0.39 is 42.4 Å². The van der Waals surface area contributed by atoms with Crippen LogP contribution in [0.5, 0.6) is 0 Å². The first-order chi connectivity index (χ1) is 13.4. The van der Waals surface area contributed by atoms with Crippen LogP contribution in [0.3, 0.4) is 0 Å².